The number of primary amides is 1. The van der Waals surface area contributed by atoms with Gasteiger partial charge in [-0.3, -0.25) is 14.9 Å². The molecule has 0 heterocycles. The lowest BCUT2D eigenvalue weighted by Gasteiger charge is -2.09. The number of nitrogens with zero attached hydrogens (tertiary/aromatic N) is 1. The SMILES string of the molecule is CC(O)CCNc1cc(C(N)=O)ccc1[N+](=O)[O-]. The summed E-state index contributed by atoms with van der Waals surface area (Å²) in [5.41, 5.74) is 5.39. The lowest BCUT2D eigenvalue weighted by atomic mass is 10.1. The van der Waals surface area contributed by atoms with Crippen LogP contribution in [0.4, 0.5) is 11.4 Å². The second-order valence-electron chi connectivity index (χ2n) is 3.92. The number of aliphatic hydroxyl groups excluding tert-OH is 1. The van der Waals surface area contributed by atoms with Gasteiger partial charge in [0.05, 0.1) is 11.0 Å². The van der Waals surface area contributed by atoms with E-state index < -0.39 is 16.9 Å². The lowest BCUT2D eigenvalue weighted by Crippen LogP contribution is -2.14. The Hall–Kier alpha value is -2.15. The first-order chi connectivity index (χ1) is 8.41. The molecule has 98 valence electrons. The van der Waals surface area contributed by atoms with E-state index in [2.05, 4.69) is 5.32 Å². The molecule has 0 saturated carbocycles. The van der Waals surface area contributed by atoms with Crippen LogP contribution in [0.5, 0.6) is 0 Å². The largest absolute Gasteiger partial charge is 0.393 e. The van der Waals surface area contributed by atoms with Gasteiger partial charge < -0.3 is 16.2 Å². The van der Waals surface area contributed by atoms with Crippen molar-refractivity contribution in [1.29, 1.82) is 0 Å². The summed E-state index contributed by atoms with van der Waals surface area (Å²) in [6.07, 6.45) is -0.0614. The maximum atomic E-state index is 11.0. The zero-order chi connectivity index (χ0) is 13.7. The maximum absolute atomic E-state index is 11.0. The highest BCUT2D eigenvalue weighted by Gasteiger charge is 2.15. The third-order valence-corrected chi connectivity index (χ3v) is 2.36. The molecule has 0 aromatic heterocycles. The third-order valence-electron chi connectivity index (χ3n) is 2.36. The quantitative estimate of drug-likeness (QED) is 0.513. The van der Waals surface area contributed by atoms with E-state index in [0.717, 1.165) is 0 Å². The number of nitro benzene ring substituents is 1. The summed E-state index contributed by atoms with van der Waals surface area (Å²) in [6, 6.07) is 3.87. The molecule has 1 amide bonds. The van der Waals surface area contributed by atoms with Gasteiger partial charge in [-0.2, -0.15) is 0 Å². The summed E-state index contributed by atoms with van der Waals surface area (Å²) >= 11 is 0. The topological polar surface area (TPSA) is 118 Å². The smallest absolute Gasteiger partial charge is 0.292 e. The van der Waals surface area contributed by atoms with Gasteiger partial charge in [0.1, 0.15) is 5.69 Å². The summed E-state index contributed by atoms with van der Waals surface area (Å²) in [6.45, 7) is 1.98. The number of anilines is 1. The van der Waals surface area contributed by atoms with E-state index in [9.17, 15) is 14.9 Å². The number of nitrogens with two attached hydrogens (primary N) is 1. The number of nitrogens with one attached hydrogen (secondary N) is 1. The summed E-state index contributed by atoms with van der Waals surface area (Å²) in [4.78, 5) is 21.3. The van der Waals surface area contributed by atoms with Crippen LogP contribution in [0.25, 0.3) is 0 Å². The molecule has 0 bridgehead atoms. The Kier molecular flexibility index (Phi) is 4.61. The van der Waals surface area contributed by atoms with E-state index in [1.807, 2.05) is 0 Å². The average Bonchev–Trinajstić information content (AvgIpc) is 2.27. The van der Waals surface area contributed by atoms with Crippen LogP contribution in [-0.4, -0.2) is 28.6 Å². The molecular formula is C11H15N3O4. The van der Waals surface area contributed by atoms with E-state index in [0.29, 0.717) is 13.0 Å². The summed E-state index contributed by atoms with van der Waals surface area (Å²) in [7, 11) is 0. The van der Waals surface area contributed by atoms with Crippen molar-refractivity contribution >= 4 is 17.3 Å². The van der Waals surface area contributed by atoms with Crippen LogP contribution < -0.4 is 11.1 Å². The fraction of sp³-hybridized carbons (Fsp3) is 0.364. The van der Waals surface area contributed by atoms with Crippen LogP contribution in [0.1, 0.15) is 23.7 Å². The summed E-state index contributed by atoms with van der Waals surface area (Å²) < 4.78 is 0. The van der Waals surface area contributed by atoms with Gasteiger partial charge in [-0.05, 0) is 25.5 Å². The number of aliphatic hydroxyl groups is 1. The van der Waals surface area contributed by atoms with Crippen molar-refractivity contribution in [1.82, 2.24) is 0 Å². The predicted molar refractivity (Wildman–Crippen MR) is 66.4 cm³/mol. The Balaban J connectivity index is 2.93. The Morgan fingerprint density at radius 2 is 2.28 bits per heavy atom. The molecule has 18 heavy (non-hydrogen) atoms. The van der Waals surface area contributed by atoms with Gasteiger partial charge in [-0.25, -0.2) is 0 Å². The molecule has 7 heteroatoms. The minimum Gasteiger partial charge on any atom is -0.393 e. The van der Waals surface area contributed by atoms with E-state index in [4.69, 9.17) is 10.8 Å². The molecule has 1 rings (SSSR count). The van der Waals surface area contributed by atoms with Crippen LogP contribution >= 0.6 is 0 Å². The van der Waals surface area contributed by atoms with Gasteiger partial charge in [-0.1, -0.05) is 0 Å². The molecule has 1 atom stereocenters. The Morgan fingerprint density at radius 3 is 2.78 bits per heavy atom. The molecule has 0 fully saturated rings. The molecule has 0 aliphatic carbocycles. The van der Waals surface area contributed by atoms with Gasteiger partial charge in [0, 0.05) is 18.2 Å². The number of carbonyl (C=O) groups is 1. The minimum absolute atomic E-state index is 0.134. The van der Waals surface area contributed by atoms with Crippen molar-refractivity contribution in [3.05, 3.63) is 33.9 Å². The Labute approximate surface area is 104 Å². The van der Waals surface area contributed by atoms with Crippen molar-refractivity contribution in [2.24, 2.45) is 5.73 Å². The summed E-state index contributed by atoms with van der Waals surface area (Å²) in [5.74, 6) is -0.650. The average molecular weight is 253 g/mol. The van der Waals surface area contributed by atoms with Crippen molar-refractivity contribution in [2.75, 3.05) is 11.9 Å². The number of carbonyl (C=O) groups excluding carboxylic acids is 1. The highest BCUT2D eigenvalue weighted by Crippen LogP contribution is 2.25. The van der Waals surface area contributed by atoms with E-state index in [1.165, 1.54) is 18.2 Å². The number of hydrogen-bond donors (Lipinski definition) is 3. The van der Waals surface area contributed by atoms with Crippen molar-refractivity contribution in [3.8, 4) is 0 Å². The summed E-state index contributed by atoms with van der Waals surface area (Å²) in [5, 5.41) is 22.7. The highest BCUT2D eigenvalue weighted by molar-refractivity contribution is 5.94. The number of amides is 1. The van der Waals surface area contributed by atoms with Crippen molar-refractivity contribution in [3.63, 3.8) is 0 Å². The Bertz CT molecular complexity index is 460. The van der Waals surface area contributed by atoms with E-state index >= 15 is 0 Å². The van der Waals surface area contributed by atoms with Gasteiger partial charge in [0.25, 0.3) is 5.69 Å². The normalized spacial score (nSPS) is 11.9. The first kappa shape index (κ1) is 13.9. The van der Waals surface area contributed by atoms with Gasteiger partial charge in [-0.15, -0.1) is 0 Å². The lowest BCUT2D eigenvalue weighted by molar-refractivity contribution is -0.384. The van der Waals surface area contributed by atoms with Crippen LogP contribution in [0.15, 0.2) is 18.2 Å². The fourth-order valence-corrected chi connectivity index (χ4v) is 1.41. The van der Waals surface area contributed by atoms with Gasteiger partial charge >= 0.3 is 0 Å². The molecule has 7 nitrogen and oxygen atoms in total. The van der Waals surface area contributed by atoms with Crippen LogP contribution in [0.3, 0.4) is 0 Å². The second kappa shape index (κ2) is 5.97. The molecule has 0 saturated heterocycles. The van der Waals surface area contributed by atoms with E-state index in [-0.39, 0.29) is 16.9 Å². The monoisotopic (exact) mass is 253 g/mol. The van der Waals surface area contributed by atoms with Crippen molar-refractivity contribution < 1.29 is 14.8 Å². The zero-order valence-electron chi connectivity index (χ0n) is 9.92. The van der Waals surface area contributed by atoms with E-state index in [1.54, 1.807) is 6.92 Å². The first-order valence-electron chi connectivity index (χ1n) is 5.42. The third kappa shape index (κ3) is 3.70. The zero-order valence-corrected chi connectivity index (χ0v) is 9.92. The van der Waals surface area contributed by atoms with Gasteiger partial charge in [0.15, 0.2) is 0 Å². The Morgan fingerprint density at radius 1 is 1.61 bits per heavy atom. The molecule has 0 spiro atoms. The molecule has 0 radical (unpaired) electrons. The molecule has 1 aromatic carbocycles. The first-order valence-corrected chi connectivity index (χ1v) is 5.42. The molecule has 1 unspecified atom stereocenters. The minimum atomic E-state index is -0.650. The fourth-order valence-electron chi connectivity index (χ4n) is 1.41. The molecule has 0 aliphatic heterocycles. The van der Waals surface area contributed by atoms with Crippen LogP contribution in [-0.2, 0) is 0 Å². The van der Waals surface area contributed by atoms with Gasteiger partial charge in [0.2, 0.25) is 5.91 Å². The maximum Gasteiger partial charge on any atom is 0.292 e. The second-order valence-corrected chi connectivity index (χ2v) is 3.92. The molecule has 4 N–H and O–H groups in total. The predicted octanol–water partition coefficient (Wildman–Crippen LogP) is 0.877. The van der Waals surface area contributed by atoms with Crippen LogP contribution in [0.2, 0.25) is 0 Å². The number of rotatable bonds is 6. The number of benzene rings is 1. The standard InChI is InChI=1S/C11H15N3O4/c1-7(15)4-5-13-9-6-8(11(12)16)2-3-10(9)14(17)18/h2-3,6-7,13,15H,4-5H2,1H3,(H2,12,16). The number of nitro groups is 1. The molecule has 1 aromatic rings. The highest BCUT2D eigenvalue weighted by atomic mass is 16.6. The molecular weight excluding hydrogens is 238 g/mol. The van der Waals surface area contributed by atoms with Crippen molar-refractivity contribution in [2.45, 2.75) is 19.4 Å². The number of hydrogen-bond acceptors (Lipinski definition) is 5. The van der Waals surface area contributed by atoms with Crippen LogP contribution in [0, 0.1) is 10.1 Å². The molecule has 0 aliphatic rings.